The Kier molecular flexibility index (Phi) is 3.96. The molecule has 0 aromatic carbocycles. The molecule has 0 spiro atoms. The molecule has 0 saturated carbocycles. The second kappa shape index (κ2) is 5.02. The quantitative estimate of drug-likeness (QED) is 0.836. The average Bonchev–Trinajstić information content (AvgIpc) is 2.13. The standard InChI is InChI=1S/C10H13F2NO2/c1-6-3-7(2)13-10(8(6)4-14)15-5-9(11)12/h3,9,14H,4-5H2,1-2H3. The summed E-state index contributed by atoms with van der Waals surface area (Å²) in [4.78, 5) is 3.96. The first-order valence-electron chi connectivity index (χ1n) is 4.53. The molecule has 0 aliphatic rings. The molecule has 1 N–H and O–H groups in total. The third kappa shape index (κ3) is 3.13. The fourth-order valence-corrected chi connectivity index (χ4v) is 1.28. The van der Waals surface area contributed by atoms with Crippen molar-refractivity contribution < 1.29 is 18.6 Å². The minimum Gasteiger partial charge on any atom is -0.471 e. The van der Waals surface area contributed by atoms with Crippen molar-refractivity contribution in [1.82, 2.24) is 4.98 Å². The Bertz CT molecular complexity index is 342. The molecule has 1 aromatic heterocycles. The van der Waals surface area contributed by atoms with Crippen LogP contribution in [0.25, 0.3) is 0 Å². The van der Waals surface area contributed by atoms with E-state index < -0.39 is 13.0 Å². The highest BCUT2D eigenvalue weighted by atomic mass is 19.3. The number of aliphatic hydroxyl groups is 1. The van der Waals surface area contributed by atoms with Gasteiger partial charge in [-0.15, -0.1) is 0 Å². The molecule has 84 valence electrons. The molecule has 0 saturated heterocycles. The SMILES string of the molecule is Cc1cc(C)c(CO)c(OCC(F)F)n1. The van der Waals surface area contributed by atoms with Crippen LogP contribution in [0, 0.1) is 13.8 Å². The lowest BCUT2D eigenvalue weighted by atomic mass is 10.1. The van der Waals surface area contributed by atoms with Gasteiger partial charge in [-0.05, 0) is 25.5 Å². The average molecular weight is 217 g/mol. The molecule has 0 bridgehead atoms. The molecular weight excluding hydrogens is 204 g/mol. The fraction of sp³-hybridized carbons (Fsp3) is 0.500. The second-order valence-electron chi connectivity index (χ2n) is 3.22. The van der Waals surface area contributed by atoms with Gasteiger partial charge >= 0.3 is 0 Å². The molecule has 0 radical (unpaired) electrons. The van der Waals surface area contributed by atoms with Crippen LogP contribution in [0.2, 0.25) is 0 Å². The number of nitrogens with zero attached hydrogens (tertiary/aromatic N) is 1. The van der Waals surface area contributed by atoms with E-state index in [1.165, 1.54) is 0 Å². The number of aryl methyl sites for hydroxylation is 2. The first-order valence-corrected chi connectivity index (χ1v) is 4.53. The van der Waals surface area contributed by atoms with Gasteiger partial charge in [0.1, 0.15) is 0 Å². The molecule has 3 nitrogen and oxygen atoms in total. The van der Waals surface area contributed by atoms with Crippen molar-refractivity contribution in [2.45, 2.75) is 26.9 Å². The third-order valence-corrected chi connectivity index (χ3v) is 1.94. The van der Waals surface area contributed by atoms with Crippen LogP contribution < -0.4 is 4.74 Å². The molecule has 0 aliphatic heterocycles. The number of ether oxygens (including phenoxy) is 1. The molecule has 0 aliphatic carbocycles. The number of hydrogen-bond acceptors (Lipinski definition) is 3. The monoisotopic (exact) mass is 217 g/mol. The Balaban J connectivity index is 2.93. The third-order valence-electron chi connectivity index (χ3n) is 1.94. The molecule has 1 heterocycles. The number of alkyl halides is 2. The molecule has 15 heavy (non-hydrogen) atoms. The van der Waals surface area contributed by atoms with Gasteiger partial charge in [0.25, 0.3) is 6.43 Å². The van der Waals surface area contributed by atoms with Gasteiger partial charge in [-0.25, -0.2) is 13.8 Å². The maximum absolute atomic E-state index is 11.9. The highest BCUT2D eigenvalue weighted by Gasteiger charge is 2.11. The number of halogens is 2. The molecule has 1 rings (SSSR count). The van der Waals surface area contributed by atoms with Crippen LogP contribution in [-0.2, 0) is 6.61 Å². The van der Waals surface area contributed by atoms with Crippen LogP contribution in [0.15, 0.2) is 6.07 Å². The maximum Gasteiger partial charge on any atom is 0.272 e. The predicted octanol–water partition coefficient (Wildman–Crippen LogP) is 1.83. The first-order chi connectivity index (χ1) is 7.04. The van der Waals surface area contributed by atoms with E-state index >= 15 is 0 Å². The van der Waals surface area contributed by atoms with Gasteiger partial charge in [-0.3, -0.25) is 0 Å². The Morgan fingerprint density at radius 1 is 1.47 bits per heavy atom. The number of pyridine rings is 1. The minimum absolute atomic E-state index is 0.0929. The van der Waals surface area contributed by atoms with Crippen molar-refractivity contribution in [2.24, 2.45) is 0 Å². The van der Waals surface area contributed by atoms with E-state index in [9.17, 15) is 8.78 Å². The highest BCUT2D eigenvalue weighted by Crippen LogP contribution is 2.21. The van der Waals surface area contributed by atoms with E-state index in [0.29, 0.717) is 11.3 Å². The van der Waals surface area contributed by atoms with Crippen LogP contribution in [0.3, 0.4) is 0 Å². The zero-order valence-electron chi connectivity index (χ0n) is 8.63. The lowest BCUT2D eigenvalue weighted by Crippen LogP contribution is -2.11. The zero-order valence-corrected chi connectivity index (χ0v) is 8.63. The summed E-state index contributed by atoms with van der Waals surface area (Å²) in [6, 6.07) is 1.76. The molecule has 0 amide bonds. The summed E-state index contributed by atoms with van der Waals surface area (Å²) in [6.45, 7) is 2.54. The molecule has 0 atom stereocenters. The Hall–Kier alpha value is -1.23. The summed E-state index contributed by atoms with van der Waals surface area (Å²) < 4.78 is 28.7. The lowest BCUT2D eigenvalue weighted by Gasteiger charge is -2.11. The summed E-state index contributed by atoms with van der Waals surface area (Å²) in [5, 5.41) is 9.05. The van der Waals surface area contributed by atoms with E-state index in [2.05, 4.69) is 4.98 Å². The fourth-order valence-electron chi connectivity index (χ4n) is 1.28. The van der Waals surface area contributed by atoms with Crippen molar-refractivity contribution in [3.05, 3.63) is 22.9 Å². The Morgan fingerprint density at radius 2 is 2.13 bits per heavy atom. The minimum atomic E-state index is -2.54. The van der Waals surface area contributed by atoms with Crippen LogP contribution in [0.4, 0.5) is 8.78 Å². The van der Waals surface area contributed by atoms with Crippen LogP contribution in [0.1, 0.15) is 16.8 Å². The molecule has 1 aromatic rings. The van der Waals surface area contributed by atoms with E-state index in [-0.39, 0.29) is 12.5 Å². The summed E-state index contributed by atoms with van der Waals surface area (Å²) in [7, 11) is 0. The number of rotatable bonds is 4. The van der Waals surface area contributed by atoms with Crippen LogP contribution >= 0.6 is 0 Å². The van der Waals surface area contributed by atoms with Crippen molar-refractivity contribution in [3.8, 4) is 5.88 Å². The van der Waals surface area contributed by atoms with Gasteiger partial charge in [0.2, 0.25) is 5.88 Å². The van der Waals surface area contributed by atoms with Gasteiger partial charge in [0.05, 0.1) is 6.61 Å². The van der Waals surface area contributed by atoms with E-state index in [1.54, 1.807) is 19.9 Å². The van der Waals surface area contributed by atoms with Gasteiger partial charge in [-0.2, -0.15) is 0 Å². The zero-order chi connectivity index (χ0) is 11.4. The van der Waals surface area contributed by atoms with E-state index in [4.69, 9.17) is 9.84 Å². The topological polar surface area (TPSA) is 42.4 Å². The van der Waals surface area contributed by atoms with Crippen molar-refractivity contribution in [2.75, 3.05) is 6.61 Å². The molecular formula is C10H13F2NO2. The van der Waals surface area contributed by atoms with Crippen LogP contribution in [0.5, 0.6) is 5.88 Å². The maximum atomic E-state index is 11.9. The van der Waals surface area contributed by atoms with Crippen molar-refractivity contribution >= 4 is 0 Å². The first kappa shape index (κ1) is 11.8. The Morgan fingerprint density at radius 3 is 2.67 bits per heavy atom. The summed E-state index contributed by atoms with van der Waals surface area (Å²) in [5.74, 6) is 0.0929. The van der Waals surface area contributed by atoms with Gasteiger partial charge in [0.15, 0.2) is 6.61 Å². The number of aliphatic hydroxyl groups excluding tert-OH is 1. The summed E-state index contributed by atoms with van der Waals surface area (Å²) >= 11 is 0. The largest absolute Gasteiger partial charge is 0.471 e. The molecule has 0 fully saturated rings. The summed E-state index contributed by atoms with van der Waals surface area (Å²) in [6.07, 6.45) is -2.54. The number of hydrogen-bond donors (Lipinski definition) is 1. The van der Waals surface area contributed by atoms with Gasteiger partial charge < -0.3 is 9.84 Å². The van der Waals surface area contributed by atoms with Gasteiger partial charge in [0, 0.05) is 11.3 Å². The number of aromatic nitrogens is 1. The second-order valence-corrected chi connectivity index (χ2v) is 3.22. The van der Waals surface area contributed by atoms with Crippen LogP contribution in [-0.4, -0.2) is 23.1 Å². The van der Waals surface area contributed by atoms with Crippen molar-refractivity contribution in [1.29, 1.82) is 0 Å². The highest BCUT2D eigenvalue weighted by molar-refractivity contribution is 5.35. The molecule has 0 unspecified atom stereocenters. The Labute approximate surface area is 86.7 Å². The van der Waals surface area contributed by atoms with E-state index in [1.807, 2.05) is 0 Å². The predicted molar refractivity (Wildman–Crippen MR) is 51.1 cm³/mol. The summed E-state index contributed by atoms with van der Waals surface area (Å²) in [5.41, 5.74) is 1.92. The van der Waals surface area contributed by atoms with Crippen molar-refractivity contribution in [3.63, 3.8) is 0 Å². The normalized spacial score (nSPS) is 10.8. The smallest absolute Gasteiger partial charge is 0.272 e. The van der Waals surface area contributed by atoms with Gasteiger partial charge in [-0.1, -0.05) is 0 Å². The van der Waals surface area contributed by atoms with E-state index in [0.717, 1.165) is 5.56 Å². The molecule has 5 heteroatoms. The lowest BCUT2D eigenvalue weighted by molar-refractivity contribution is 0.0780.